The van der Waals surface area contributed by atoms with Crippen molar-refractivity contribution in [2.45, 2.75) is 18.1 Å². The Morgan fingerprint density at radius 2 is 1.61 bits per heavy atom. The minimum absolute atomic E-state index is 0.0627. The first-order chi connectivity index (χ1) is 15.0. The summed E-state index contributed by atoms with van der Waals surface area (Å²) in [5.41, 5.74) is 4.66. The second-order valence-corrected chi connectivity index (χ2v) is 8.34. The highest BCUT2D eigenvalue weighted by Gasteiger charge is 2.29. The summed E-state index contributed by atoms with van der Waals surface area (Å²) < 4.78 is 6.07. The van der Waals surface area contributed by atoms with Crippen molar-refractivity contribution in [2.75, 3.05) is 13.2 Å². The van der Waals surface area contributed by atoms with Gasteiger partial charge < -0.3 is 25.4 Å². The molecule has 4 rings (SSSR count). The molecule has 0 radical (unpaired) electrons. The largest absolute Gasteiger partial charge is 0.508 e. The molecule has 2 atom stereocenters. The molecule has 0 saturated heterocycles. The summed E-state index contributed by atoms with van der Waals surface area (Å²) in [6.07, 6.45) is -3.38. The molecule has 0 spiro atoms. The van der Waals surface area contributed by atoms with E-state index in [0.717, 1.165) is 22.3 Å². The number of aliphatic hydroxyl groups excluding tert-OH is 2. The zero-order chi connectivity index (χ0) is 22.0. The third kappa shape index (κ3) is 4.44. The van der Waals surface area contributed by atoms with Crippen LogP contribution >= 0.6 is 15.9 Å². The third-order valence-electron chi connectivity index (χ3n) is 5.47. The van der Waals surface area contributed by atoms with Gasteiger partial charge in [0.2, 0.25) is 0 Å². The number of carbonyl (C=O) groups excluding carboxylic acids is 1. The lowest BCUT2D eigenvalue weighted by atomic mass is 9.98. The van der Waals surface area contributed by atoms with E-state index in [0.29, 0.717) is 4.47 Å². The molecular formula is C24H22BrNO5. The molecule has 160 valence electrons. The molecule has 1 aliphatic carbocycles. The molecule has 7 heteroatoms. The number of amides is 1. The van der Waals surface area contributed by atoms with E-state index in [4.69, 9.17) is 4.74 Å². The molecule has 3 aromatic carbocycles. The first-order valence-electron chi connectivity index (χ1n) is 9.89. The van der Waals surface area contributed by atoms with Crippen LogP contribution in [0.5, 0.6) is 5.75 Å². The number of hydrogen-bond acceptors (Lipinski definition) is 5. The van der Waals surface area contributed by atoms with E-state index in [1.54, 1.807) is 6.07 Å². The van der Waals surface area contributed by atoms with Crippen molar-refractivity contribution >= 4 is 22.0 Å². The van der Waals surface area contributed by atoms with Crippen LogP contribution in [0, 0.1) is 0 Å². The predicted molar refractivity (Wildman–Crippen MR) is 120 cm³/mol. The van der Waals surface area contributed by atoms with E-state index in [9.17, 15) is 20.1 Å². The van der Waals surface area contributed by atoms with Gasteiger partial charge in [0.1, 0.15) is 24.6 Å². The Morgan fingerprint density at radius 1 is 1.00 bits per heavy atom. The van der Waals surface area contributed by atoms with Crippen LogP contribution in [0.2, 0.25) is 0 Å². The molecule has 1 amide bonds. The monoisotopic (exact) mass is 483 g/mol. The van der Waals surface area contributed by atoms with E-state index in [-0.39, 0.29) is 30.4 Å². The quantitative estimate of drug-likeness (QED) is 0.423. The molecule has 1 aliphatic rings. The molecule has 2 unspecified atom stereocenters. The summed E-state index contributed by atoms with van der Waals surface area (Å²) in [5.74, 6) is -0.205. The summed E-state index contributed by atoms with van der Waals surface area (Å²) in [7, 11) is 0. The number of aromatic hydroxyl groups is 1. The Balaban J connectivity index is 1.35. The molecular weight excluding hydrogens is 462 g/mol. The van der Waals surface area contributed by atoms with Crippen LogP contribution in [0.1, 0.15) is 28.7 Å². The Kier molecular flexibility index (Phi) is 6.27. The van der Waals surface area contributed by atoms with Crippen molar-refractivity contribution in [3.8, 4) is 16.9 Å². The van der Waals surface area contributed by atoms with Crippen molar-refractivity contribution in [2.24, 2.45) is 0 Å². The van der Waals surface area contributed by atoms with Crippen molar-refractivity contribution in [1.82, 2.24) is 5.32 Å². The van der Waals surface area contributed by atoms with Crippen LogP contribution in [0.3, 0.4) is 0 Å². The van der Waals surface area contributed by atoms with Crippen LogP contribution < -0.4 is 5.32 Å². The molecule has 0 bridgehead atoms. The van der Waals surface area contributed by atoms with Gasteiger partial charge in [-0.15, -0.1) is 0 Å². The Labute approximate surface area is 188 Å². The number of phenols is 1. The van der Waals surface area contributed by atoms with Crippen LogP contribution in [0.4, 0.5) is 4.79 Å². The average Bonchev–Trinajstić information content (AvgIpc) is 3.11. The first kappa shape index (κ1) is 21.4. The number of aliphatic hydroxyl groups is 2. The van der Waals surface area contributed by atoms with E-state index in [2.05, 4.69) is 33.4 Å². The predicted octanol–water partition coefficient (Wildman–Crippen LogP) is 4.09. The number of fused-ring (bicyclic) bond motifs is 3. The maximum absolute atomic E-state index is 12.2. The van der Waals surface area contributed by atoms with Gasteiger partial charge >= 0.3 is 6.09 Å². The molecule has 6 nitrogen and oxygen atoms in total. The van der Waals surface area contributed by atoms with Crippen LogP contribution in [0.15, 0.2) is 71.2 Å². The number of carbonyl (C=O) groups is 1. The first-order valence-corrected chi connectivity index (χ1v) is 10.7. The van der Waals surface area contributed by atoms with Gasteiger partial charge in [0, 0.05) is 22.5 Å². The summed E-state index contributed by atoms with van der Waals surface area (Å²) in [4.78, 5) is 12.2. The smallest absolute Gasteiger partial charge is 0.407 e. The van der Waals surface area contributed by atoms with E-state index in [1.165, 1.54) is 12.1 Å². The summed E-state index contributed by atoms with van der Waals surface area (Å²) >= 11 is 3.26. The fraction of sp³-hybridized carbons (Fsp3) is 0.208. The van der Waals surface area contributed by atoms with Gasteiger partial charge in [0.05, 0.1) is 0 Å². The van der Waals surface area contributed by atoms with Crippen molar-refractivity contribution in [1.29, 1.82) is 0 Å². The topological polar surface area (TPSA) is 99.0 Å². The zero-order valence-electron chi connectivity index (χ0n) is 16.5. The maximum atomic E-state index is 12.2. The number of hydrogen-bond donors (Lipinski definition) is 4. The minimum Gasteiger partial charge on any atom is -0.508 e. The fourth-order valence-electron chi connectivity index (χ4n) is 3.92. The minimum atomic E-state index is -1.37. The van der Waals surface area contributed by atoms with Crippen molar-refractivity contribution in [3.63, 3.8) is 0 Å². The van der Waals surface area contributed by atoms with Gasteiger partial charge in [0.15, 0.2) is 0 Å². The summed E-state index contributed by atoms with van der Waals surface area (Å²) in [6, 6.07) is 20.6. The van der Waals surface area contributed by atoms with Crippen LogP contribution in [0.25, 0.3) is 11.1 Å². The van der Waals surface area contributed by atoms with E-state index >= 15 is 0 Å². The molecule has 0 saturated carbocycles. The zero-order valence-corrected chi connectivity index (χ0v) is 18.1. The Hall–Kier alpha value is -2.87. The normalized spacial score (nSPS) is 14.4. The summed E-state index contributed by atoms with van der Waals surface area (Å²) in [5, 5.41) is 32.9. The number of phenolic OH excluding ortho intramolecular Hbond substituents is 1. The van der Waals surface area contributed by atoms with Crippen molar-refractivity contribution < 1.29 is 24.9 Å². The van der Waals surface area contributed by atoms with Crippen LogP contribution in [-0.4, -0.2) is 40.7 Å². The van der Waals surface area contributed by atoms with E-state index in [1.807, 2.05) is 36.4 Å². The molecule has 0 aliphatic heterocycles. The van der Waals surface area contributed by atoms with Crippen LogP contribution in [-0.2, 0) is 4.74 Å². The third-order valence-corrected chi connectivity index (χ3v) is 5.97. The lowest BCUT2D eigenvalue weighted by Gasteiger charge is -2.20. The molecule has 0 heterocycles. The molecule has 31 heavy (non-hydrogen) atoms. The summed E-state index contributed by atoms with van der Waals surface area (Å²) in [6.45, 7) is -0.0747. The highest BCUT2D eigenvalue weighted by molar-refractivity contribution is 9.10. The standard InChI is InChI=1S/C24H22BrNO5/c25-14-9-10-21(27)19(11-14)23(29)22(28)12-26-24(30)31-13-20-17-7-3-1-5-15(17)16-6-2-4-8-18(16)20/h1-11,20,22-23,27-29H,12-13H2,(H,26,30). The fourth-order valence-corrected chi connectivity index (χ4v) is 4.30. The second kappa shape index (κ2) is 9.09. The SMILES string of the molecule is O=C(NCC(O)C(O)c1cc(Br)ccc1O)OCC1c2ccccc2-c2ccccc21. The molecule has 0 aromatic heterocycles. The number of ether oxygens (including phenoxy) is 1. The van der Waals surface area contributed by atoms with Gasteiger partial charge in [0.25, 0.3) is 0 Å². The average molecular weight is 484 g/mol. The number of halogens is 1. The molecule has 0 fully saturated rings. The second-order valence-electron chi connectivity index (χ2n) is 7.42. The van der Waals surface area contributed by atoms with Gasteiger partial charge in [-0.05, 0) is 40.5 Å². The van der Waals surface area contributed by atoms with E-state index < -0.39 is 18.3 Å². The van der Waals surface area contributed by atoms with Gasteiger partial charge in [-0.2, -0.15) is 0 Å². The molecule has 4 N–H and O–H groups in total. The van der Waals surface area contributed by atoms with Crippen molar-refractivity contribution in [3.05, 3.63) is 87.9 Å². The lowest BCUT2D eigenvalue weighted by Crippen LogP contribution is -2.36. The highest BCUT2D eigenvalue weighted by atomic mass is 79.9. The lowest BCUT2D eigenvalue weighted by molar-refractivity contribution is 0.0172. The molecule has 3 aromatic rings. The number of rotatable bonds is 6. The highest BCUT2D eigenvalue weighted by Crippen LogP contribution is 2.44. The number of nitrogens with one attached hydrogen (secondary N) is 1. The number of benzene rings is 3. The van der Waals surface area contributed by atoms with Gasteiger partial charge in [-0.1, -0.05) is 64.5 Å². The Bertz CT molecular complexity index is 1060. The van der Waals surface area contributed by atoms with Gasteiger partial charge in [-0.25, -0.2) is 4.79 Å². The number of alkyl carbamates (subject to hydrolysis) is 1. The van der Waals surface area contributed by atoms with Gasteiger partial charge in [-0.3, -0.25) is 0 Å². The maximum Gasteiger partial charge on any atom is 0.407 e. The Morgan fingerprint density at radius 3 is 2.26 bits per heavy atom.